The van der Waals surface area contributed by atoms with E-state index in [1.807, 2.05) is 30.3 Å². The molecule has 2 amide bonds. The van der Waals surface area contributed by atoms with Gasteiger partial charge in [0.2, 0.25) is 0 Å². The van der Waals surface area contributed by atoms with Gasteiger partial charge in [0.1, 0.15) is 0 Å². The average Bonchev–Trinajstić information content (AvgIpc) is 2.90. The standard InChI is InChI=1S/C17H22N2O3/c20-16(19-22-11-12-5-2-1-3-6-12)18-14-13-7-10-21-15(13)17(14)8-4-9-17/h1-3,5-6,13-15H,4,7-11H2,(H2,18,19,20)/t13-,14-,15-/m1/s1. The number of rotatable bonds is 4. The molecular weight excluding hydrogens is 280 g/mol. The van der Waals surface area contributed by atoms with E-state index >= 15 is 0 Å². The predicted octanol–water partition coefficient (Wildman–Crippen LogP) is 2.38. The van der Waals surface area contributed by atoms with Crippen molar-refractivity contribution >= 4 is 6.03 Å². The van der Waals surface area contributed by atoms with Gasteiger partial charge < -0.3 is 10.1 Å². The third-order valence-corrected chi connectivity index (χ3v) is 5.57. The van der Waals surface area contributed by atoms with Crippen molar-refractivity contribution in [1.29, 1.82) is 0 Å². The van der Waals surface area contributed by atoms with Crippen LogP contribution in [0.5, 0.6) is 0 Å². The van der Waals surface area contributed by atoms with Gasteiger partial charge in [0.25, 0.3) is 0 Å². The quantitative estimate of drug-likeness (QED) is 0.840. The smallest absolute Gasteiger partial charge is 0.338 e. The Balaban J connectivity index is 1.27. The SMILES string of the molecule is O=C(NOCc1ccccc1)N[C@@H]1[C@H]2CCO[C@H]2C12CCC2. The van der Waals surface area contributed by atoms with Crippen molar-refractivity contribution in [3.05, 3.63) is 35.9 Å². The first-order valence-electron chi connectivity index (χ1n) is 8.13. The Labute approximate surface area is 130 Å². The molecule has 1 aromatic rings. The van der Waals surface area contributed by atoms with Crippen molar-refractivity contribution in [2.45, 2.75) is 44.4 Å². The Hall–Kier alpha value is -1.59. The number of hydroxylamine groups is 1. The molecule has 3 fully saturated rings. The highest BCUT2D eigenvalue weighted by atomic mass is 16.7. The molecule has 1 aliphatic heterocycles. The summed E-state index contributed by atoms with van der Waals surface area (Å²) >= 11 is 0. The molecule has 4 rings (SSSR count). The van der Waals surface area contributed by atoms with Gasteiger partial charge in [-0.25, -0.2) is 10.3 Å². The van der Waals surface area contributed by atoms with Crippen LogP contribution in [0, 0.1) is 11.3 Å². The van der Waals surface area contributed by atoms with Gasteiger partial charge in [0.15, 0.2) is 0 Å². The lowest BCUT2D eigenvalue weighted by Crippen LogP contribution is -2.72. The van der Waals surface area contributed by atoms with Crippen molar-refractivity contribution in [2.24, 2.45) is 11.3 Å². The molecule has 2 aliphatic carbocycles. The maximum absolute atomic E-state index is 12.1. The van der Waals surface area contributed by atoms with Crippen LogP contribution < -0.4 is 10.8 Å². The topological polar surface area (TPSA) is 59.6 Å². The van der Waals surface area contributed by atoms with E-state index in [9.17, 15) is 4.79 Å². The van der Waals surface area contributed by atoms with Gasteiger partial charge in [0.05, 0.1) is 12.7 Å². The van der Waals surface area contributed by atoms with Crippen LogP contribution in [0.3, 0.4) is 0 Å². The van der Waals surface area contributed by atoms with Crippen LogP contribution >= 0.6 is 0 Å². The number of urea groups is 1. The molecule has 5 nitrogen and oxygen atoms in total. The van der Waals surface area contributed by atoms with Crippen LogP contribution in [-0.4, -0.2) is 24.8 Å². The molecule has 3 aliphatic rings. The van der Waals surface area contributed by atoms with Crippen LogP contribution in [0.4, 0.5) is 4.79 Å². The zero-order chi connectivity index (χ0) is 15.0. The maximum Gasteiger partial charge on any atom is 0.338 e. The van der Waals surface area contributed by atoms with E-state index in [4.69, 9.17) is 9.57 Å². The Morgan fingerprint density at radius 1 is 1.32 bits per heavy atom. The highest BCUT2D eigenvalue weighted by Crippen LogP contribution is 2.62. The molecular formula is C17H22N2O3. The summed E-state index contributed by atoms with van der Waals surface area (Å²) in [6, 6.07) is 9.80. The summed E-state index contributed by atoms with van der Waals surface area (Å²) in [5.41, 5.74) is 3.75. The normalized spacial score (nSPS) is 31.0. The fourth-order valence-electron chi connectivity index (χ4n) is 4.39. The Morgan fingerprint density at radius 3 is 2.86 bits per heavy atom. The molecule has 0 bridgehead atoms. The van der Waals surface area contributed by atoms with Gasteiger partial charge in [-0.3, -0.25) is 4.84 Å². The minimum absolute atomic E-state index is 0.206. The highest BCUT2D eigenvalue weighted by molar-refractivity contribution is 5.73. The van der Waals surface area contributed by atoms with E-state index in [1.165, 1.54) is 19.3 Å². The van der Waals surface area contributed by atoms with E-state index in [-0.39, 0.29) is 17.5 Å². The molecule has 0 aromatic heterocycles. The molecule has 1 aromatic carbocycles. The van der Waals surface area contributed by atoms with Gasteiger partial charge in [-0.05, 0) is 24.8 Å². The number of carbonyl (C=O) groups excluding carboxylic acids is 1. The van der Waals surface area contributed by atoms with Gasteiger partial charge in [-0.2, -0.15) is 0 Å². The van der Waals surface area contributed by atoms with Crippen LogP contribution in [0.2, 0.25) is 0 Å². The summed E-state index contributed by atoms with van der Waals surface area (Å²) in [7, 11) is 0. The summed E-state index contributed by atoms with van der Waals surface area (Å²) in [5.74, 6) is 0.486. The van der Waals surface area contributed by atoms with Crippen LogP contribution in [0.15, 0.2) is 30.3 Å². The van der Waals surface area contributed by atoms with Crippen molar-refractivity contribution in [1.82, 2.24) is 10.8 Å². The number of carbonyl (C=O) groups is 1. The highest BCUT2D eigenvalue weighted by Gasteiger charge is 2.66. The van der Waals surface area contributed by atoms with Gasteiger partial charge in [-0.15, -0.1) is 0 Å². The van der Waals surface area contributed by atoms with E-state index in [0.29, 0.717) is 18.6 Å². The number of fused-ring (bicyclic) bond motifs is 2. The first kappa shape index (κ1) is 14.0. The van der Waals surface area contributed by atoms with Gasteiger partial charge >= 0.3 is 6.03 Å². The second kappa shape index (κ2) is 5.56. The fourth-order valence-corrected chi connectivity index (χ4v) is 4.39. The molecule has 118 valence electrons. The van der Waals surface area contributed by atoms with Crippen LogP contribution in [0.25, 0.3) is 0 Å². The first-order chi connectivity index (χ1) is 10.8. The van der Waals surface area contributed by atoms with Gasteiger partial charge in [-0.1, -0.05) is 36.8 Å². The number of amides is 2. The Kier molecular flexibility index (Phi) is 3.54. The van der Waals surface area contributed by atoms with E-state index in [0.717, 1.165) is 18.6 Å². The third kappa shape index (κ3) is 2.20. The molecule has 2 N–H and O–H groups in total. The second-order valence-corrected chi connectivity index (χ2v) is 6.66. The molecule has 5 heteroatoms. The minimum Gasteiger partial charge on any atom is -0.377 e. The minimum atomic E-state index is -0.238. The number of ether oxygens (including phenoxy) is 1. The number of hydrogen-bond donors (Lipinski definition) is 2. The van der Waals surface area contributed by atoms with Crippen molar-refractivity contribution in [2.75, 3.05) is 6.61 Å². The van der Waals surface area contributed by atoms with Crippen LogP contribution in [0.1, 0.15) is 31.2 Å². The predicted molar refractivity (Wildman–Crippen MR) is 80.8 cm³/mol. The third-order valence-electron chi connectivity index (χ3n) is 5.57. The summed E-state index contributed by atoms with van der Waals surface area (Å²) in [4.78, 5) is 17.4. The Morgan fingerprint density at radius 2 is 2.14 bits per heavy atom. The van der Waals surface area contributed by atoms with Crippen molar-refractivity contribution < 1.29 is 14.4 Å². The molecule has 0 unspecified atom stereocenters. The molecule has 0 radical (unpaired) electrons. The second-order valence-electron chi connectivity index (χ2n) is 6.66. The number of hydrogen-bond acceptors (Lipinski definition) is 3. The van der Waals surface area contributed by atoms with E-state index in [1.54, 1.807) is 0 Å². The molecule has 1 heterocycles. The molecule has 3 atom stereocenters. The average molecular weight is 302 g/mol. The zero-order valence-corrected chi connectivity index (χ0v) is 12.6. The lowest BCUT2D eigenvalue weighted by molar-refractivity contribution is -0.172. The van der Waals surface area contributed by atoms with Crippen molar-refractivity contribution in [3.63, 3.8) is 0 Å². The number of nitrogens with one attached hydrogen (secondary N) is 2. The summed E-state index contributed by atoms with van der Waals surface area (Å²) in [5, 5.41) is 3.11. The summed E-state index contributed by atoms with van der Waals surface area (Å²) in [6.07, 6.45) is 5.02. The monoisotopic (exact) mass is 302 g/mol. The first-order valence-corrected chi connectivity index (χ1v) is 8.13. The maximum atomic E-state index is 12.1. The van der Waals surface area contributed by atoms with E-state index in [2.05, 4.69) is 10.8 Å². The molecule has 22 heavy (non-hydrogen) atoms. The molecule has 1 spiro atoms. The van der Waals surface area contributed by atoms with Gasteiger partial charge in [0, 0.05) is 24.0 Å². The molecule has 2 saturated carbocycles. The van der Waals surface area contributed by atoms with Crippen molar-refractivity contribution in [3.8, 4) is 0 Å². The molecule has 1 saturated heterocycles. The fraction of sp³-hybridized carbons (Fsp3) is 0.588. The summed E-state index contributed by atoms with van der Waals surface area (Å²) in [6.45, 7) is 1.21. The lowest BCUT2D eigenvalue weighted by Gasteiger charge is -2.63. The largest absolute Gasteiger partial charge is 0.377 e. The lowest BCUT2D eigenvalue weighted by atomic mass is 9.46. The zero-order valence-electron chi connectivity index (χ0n) is 12.6. The van der Waals surface area contributed by atoms with E-state index < -0.39 is 0 Å². The van der Waals surface area contributed by atoms with Crippen LogP contribution in [-0.2, 0) is 16.2 Å². The summed E-state index contributed by atoms with van der Waals surface area (Å²) < 4.78 is 5.86. The number of benzene rings is 1. The Bertz CT molecular complexity index is 544.